The van der Waals surface area contributed by atoms with E-state index in [2.05, 4.69) is 20.7 Å². The Morgan fingerprint density at radius 2 is 1.70 bits per heavy atom. The molecule has 1 aromatic carbocycles. The largest absolute Gasteiger partial charge is 0.598 e. The summed E-state index contributed by atoms with van der Waals surface area (Å²) in [5.74, 6) is -2.69. The molecule has 0 aliphatic heterocycles. The highest BCUT2D eigenvalue weighted by Gasteiger charge is 2.60. The Hall–Kier alpha value is -0.170. The van der Waals surface area contributed by atoms with Crippen LogP contribution in [0, 0.1) is 0 Å². The molecule has 0 aromatic heterocycles. The molecular weight excluding hydrogens is 348 g/mol. The summed E-state index contributed by atoms with van der Waals surface area (Å²) in [4.78, 5) is 0. The van der Waals surface area contributed by atoms with Crippen LogP contribution in [0.4, 0.5) is 8.78 Å². The minimum absolute atomic E-state index is 0.316. The maximum atomic E-state index is 13.4. The van der Waals surface area contributed by atoms with Gasteiger partial charge in [-0.1, -0.05) is 28.1 Å². The summed E-state index contributed by atoms with van der Waals surface area (Å²) in [6, 6.07) is 7.23. The topological polar surface area (TPSA) is 35.1 Å². The van der Waals surface area contributed by atoms with E-state index >= 15 is 0 Å². The predicted octanol–water partition coefficient (Wildman–Crippen LogP) is 4.13. The van der Waals surface area contributed by atoms with Crippen LogP contribution in [0.3, 0.4) is 0 Å². The Bertz CT molecular complexity index is 479. The smallest absolute Gasteiger partial charge is 0.252 e. The third-order valence-electron chi connectivity index (χ3n) is 3.36. The molecule has 1 saturated carbocycles. The van der Waals surface area contributed by atoms with Crippen molar-refractivity contribution in [2.24, 2.45) is 0 Å². The lowest BCUT2D eigenvalue weighted by molar-refractivity contribution is -0.130. The average Bonchev–Trinajstić information content (AvgIpc) is 2.25. The molecule has 1 atom stereocenters. The van der Waals surface area contributed by atoms with E-state index in [0.29, 0.717) is 0 Å². The molecule has 2 rings (SSSR count). The van der Waals surface area contributed by atoms with Crippen molar-refractivity contribution < 1.29 is 13.3 Å². The van der Waals surface area contributed by atoms with E-state index in [1.165, 1.54) is 0 Å². The first-order chi connectivity index (χ1) is 9.04. The second kappa shape index (κ2) is 5.23. The van der Waals surface area contributed by atoms with Gasteiger partial charge in [0.15, 0.2) is 0 Å². The molecule has 0 amide bonds. The van der Waals surface area contributed by atoms with Crippen molar-refractivity contribution in [1.29, 1.82) is 0 Å². The molecule has 6 heteroatoms. The Morgan fingerprint density at radius 1 is 1.20 bits per heavy atom. The number of alkyl halides is 2. The van der Waals surface area contributed by atoms with Crippen LogP contribution in [0.2, 0.25) is 0 Å². The normalized spacial score (nSPS) is 22.1. The summed E-state index contributed by atoms with van der Waals surface area (Å²) in [6.45, 7) is 5.46. The fourth-order valence-corrected chi connectivity index (χ4v) is 3.45. The molecule has 1 unspecified atom stereocenters. The van der Waals surface area contributed by atoms with Crippen LogP contribution < -0.4 is 4.72 Å². The maximum Gasteiger partial charge on any atom is 0.252 e. The summed E-state index contributed by atoms with van der Waals surface area (Å²) in [6.07, 6.45) is -0.632. The first-order valence-corrected chi connectivity index (χ1v) is 8.32. The van der Waals surface area contributed by atoms with Gasteiger partial charge in [-0.3, -0.25) is 0 Å². The quantitative estimate of drug-likeness (QED) is 0.817. The number of benzene rings is 1. The van der Waals surface area contributed by atoms with E-state index in [1.807, 2.05) is 32.9 Å². The van der Waals surface area contributed by atoms with Gasteiger partial charge in [0, 0.05) is 28.7 Å². The lowest BCUT2D eigenvalue weighted by atomic mass is 9.70. The van der Waals surface area contributed by atoms with Gasteiger partial charge in [0.05, 0.1) is 5.54 Å². The second-order valence-electron chi connectivity index (χ2n) is 6.28. The summed E-state index contributed by atoms with van der Waals surface area (Å²) in [5, 5.41) is 0. The molecule has 0 spiro atoms. The monoisotopic (exact) mass is 365 g/mol. The molecule has 0 bridgehead atoms. The zero-order valence-corrected chi connectivity index (χ0v) is 14.1. The van der Waals surface area contributed by atoms with Crippen LogP contribution >= 0.6 is 15.9 Å². The molecule has 20 heavy (non-hydrogen) atoms. The van der Waals surface area contributed by atoms with Crippen LogP contribution in [0.15, 0.2) is 28.7 Å². The van der Waals surface area contributed by atoms with Crippen molar-refractivity contribution in [3.8, 4) is 0 Å². The lowest BCUT2D eigenvalue weighted by Gasteiger charge is -2.48. The van der Waals surface area contributed by atoms with Crippen LogP contribution in [0.1, 0.15) is 39.2 Å². The van der Waals surface area contributed by atoms with E-state index in [1.54, 1.807) is 12.1 Å². The molecule has 0 radical (unpaired) electrons. The Labute approximate surface area is 129 Å². The Balaban J connectivity index is 2.26. The van der Waals surface area contributed by atoms with Gasteiger partial charge < -0.3 is 4.55 Å². The van der Waals surface area contributed by atoms with Crippen molar-refractivity contribution >= 4 is 27.3 Å². The molecule has 112 valence electrons. The van der Waals surface area contributed by atoms with Gasteiger partial charge in [-0.15, -0.1) is 4.72 Å². The fraction of sp³-hybridized carbons (Fsp3) is 0.571. The van der Waals surface area contributed by atoms with Gasteiger partial charge in [-0.2, -0.15) is 0 Å². The van der Waals surface area contributed by atoms with E-state index < -0.39 is 27.6 Å². The minimum atomic E-state index is -2.69. The molecule has 1 aliphatic rings. The third kappa shape index (κ3) is 3.35. The first kappa shape index (κ1) is 16.2. The van der Waals surface area contributed by atoms with Crippen molar-refractivity contribution in [2.75, 3.05) is 0 Å². The van der Waals surface area contributed by atoms with Crippen LogP contribution in [-0.4, -0.2) is 15.2 Å². The predicted molar refractivity (Wildman–Crippen MR) is 81.0 cm³/mol. The third-order valence-corrected chi connectivity index (χ3v) is 5.58. The zero-order chi connectivity index (χ0) is 15.2. The number of hydrogen-bond donors (Lipinski definition) is 1. The second-order valence-corrected chi connectivity index (χ2v) is 9.16. The van der Waals surface area contributed by atoms with Crippen LogP contribution in [0.5, 0.6) is 0 Å². The molecule has 0 heterocycles. The Kier molecular flexibility index (Phi) is 4.24. The lowest BCUT2D eigenvalue weighted by Crippen LogP contribution is -2.61. The summed E-state index contributed by atoms with van der Waals surface area (Å²) in [5.41, 5.74) is -0.147. The molecule has 0 saturated heterocycles. The van der Waals surface area contributed by atoms with Gasteiger partial charge in [0.25, 0.3) is 5.92 Å². The van der Waals surface area contributed by atoms with Gasteiger partial charge in [0.1, 0.15) is 4.75 Å². The van der Waals surface area contributed by atoms with Crippen LogP contribution in [0.25, 0.3) is 0 Å². The molecule has 2 nitrogen and oxygen atoms in total. The highest BCUT2D eigenvalue weighted by molar-refractivity contribution is 9.10. The first-order valence-electron chi connectivity index (χ1n) is 6.38. The van der Waals surface area contributed by atoms with Gasteiger partial charge in [0.2, 0.25) is 0 Å². The summed E-state index contributed by atoms with van der Waals surface area (Å²) >= 11 is 1.94. The highest BCUT2D eigenvalue weighted by Crippen LogP contribution is 2.52. The number of hydrogen-bond acceptors (Lipinski definition) is 2. The number of rotatable bonds is 3. The van der Waals surface area contributed by atoms with E-state index in [-0.39, 0.29) is 12.8 Å². The molecule has 1 N–H and O–H groups in total. The molecule has 1 aromatic rings. The molecule has 1 aliphatic carbocycles. The summed E-state index contributed by atoms with van der Waals surface area (Å²) < 4.78 is 42.4. The van der Waals surface area contributed by atoms with Crippen LogP contribution in [-0.2, 0) is 16.9 Å². The van der Waals surface area contributed by atoms with E-state index in [0.717, 1.165) is 10.0 Å². The number of nitrogens with one attached hydrogen (secondary N) is 1. The SMILES string of the molecule is CC(C)(C)[S+]([O-])NC1(c2ccc(Br)cc2)CC(F)(F)C1. The molecular formula is C14H18BrF2NOS. The summed E-state index contributed by atoms with van der Waals surface area (Å²) in [7, 11) is 0. The van der Waals surface area contributed by atoms with Crippen molar-refractivity contribution in [1.82, 2.24) is 4.72 Å². The maximum absolute atomic E-state index is 13.4. The van der Waals surface area contributed by atoms with Gasteiger partial charge in [-0.05, 0) is 38.5 Å². The van der Waals surface area contributed by atoms with Gasteiger partial charge in [-0.25, -0.2) is 8.78 Å². The van der Waals surface area contributed by atoms with Gasteiger partial charge >= 0.3 is 0 Å². The Morgan fingerprint density at radius 3 is 2.10 bits per heavy atom. The highest BCUT2D eigenvalue weighted by atomic mass is 79.9. The average molecular weight is 366 g/mol. The van der Waals surface area contributed by atoms with E-state index in [4.69, 9.17) is 0 Å². The fourth-order valence-electron chi connectivity index (χ4n) is 2.27. The molecule has 1 fully saturated rings. The van der Waals surface area contributed by atoms with E-state index in [9.17, 15) is 13.3 Å². The minimum Gasteiger partial charge on any atom is -0.598 e. The van der Waals surface area contributed by atoms with Crippen molar-refractivity contribution in [3.05, 3.63) is 34.3 Å². The number of halogens is 3. The van der Waals surface area contributed by atoms with Crippen molar-refractivity contribution in [3.63, 3.8) is 0 Å². The standard InChI is InChI=1S/C14H18BrF2NOS/c1-12(2,3)20(19)18-13(8-14(16,17)9-13)10-4-6-11(15)7-5-10/h4-7,18H,8-9H2,1-3H3. The zero-order valence-electron chi connectivity index (χ0n) is 11.7. The van der Waals surface area contributed by atoms with Crippen molar-refractivity contribution in [2.45, 2.75) is 49.8 Å².